The van der Waals surface area contributed by atoms with Crippen molar-refractivity contribution in [2.45, 2.75) is 20.4 Å². The van der Waals surface area contributed by atoms with Gasteiger partial charge in [-0.25, -0.2) is 9.67 Å². The lowest BCUT2D eigenvalue weighted by molar-refractivity contribution is 0.102. The summed E-state index contributed by atoms with van der Waals surface area (Å²) in [4.78, 5) is 29.8. The van der Waals surface area contributed by atoms with Crippen LogP contribution in [0.1, 0.15) is 21.9 Å². The van der Waals surface area contributed by atoms with Gasteiger partial charge in [-0.1, -0.05) is 24.3 Å². The number of aromatic nitrogens is 4. The smallest absolute Gasteiger partial charge is 0.278 e. The molecule has 0 aliphatic carbocycles. The molecule has 4 aromatic rings. The van der Waals surface area contributed by atoms with Gasteiger partial charge in [0.25, 0.3) is 11.5 Å². The van der Waals surface area contributed by atoms with Gasteiger partial charge in [-0.05, 0) is 26.0 Å². The third-order valence-corrected chi connectivity index (χ3v) is 5.82. The van der Waals surface area contributed by atoms with Crippen LogP contribution in [0.4, 0.5) is 5.13 Å². The number of hydrogen-bond acceptors (Lipinski definition) is 5. The van der Waals surface area contributed by atoms with E-state index in [4.69, 9.17) is 0 Å². The summed E-state index contributed by atoms with van der Waals surface area (Å²) in [6, 6.07) is 9.04. The maximum absolute atomic E-state index is 12.9. The van der Waals surface area contributed by atoms with Crippen molar-refractivity contribution >= 4 is 33.1 Å². The van der Waals surface area contributed by atoms with Gasteiger partial charge in [0.1, 0.15) is 0 Å². The van der Waals surface area contributed by atoms with Crippen LogP contribution in [0.25, 0.3) is 22.0 Å². The van der Waals surface area contributed by atoms with Gasteiger partial charge in [0, 0.05) is 41.3 Å². The summed E-state index contributed by atoms with van der Waals surface area (Å²) in [6.07, 6.45) is 1.86. The zero-order valence-corrected chi connectivity index (χ0v) is 17.8. The zero-order valence-electron chi connectivity index (χ0n) is 17.0. The van der Waals surface area contributed by atoms with Crippen molar-refractivity contribution in [3.8, 4) is 11.3 Å². The van der Waals surface area contributed by atoms with Crippen LogP contribution < -0.4 is 10.9 Å². The van der Waals surface area contributed by atoms with Gasteiger partial charge in [-0.15, -0.1) is 17.9 Å². The Bertz CT molecular complexity index is 1350. The number of thiazole rings is 1. The maximum Gasteiger partial charge on any atom is 0.278 e. The average molecular weight is 420 g/mol. The number of hydrogen-bond donors (Lipinski definition) is 1. The molecule has 1 aromatic carbocycles. The third-order valence-electron chi connectivity index (χ3n) is 5.06. The number of fused-ring (bicyclic) bond motifs is 1. The van der Waals surface area contributed by atoms with Crippen LogP contribution in [-0.4, -0.2) is 25.2 Å². The van der Waals surface area contributed by atoms with E-state index in [1.165, 1.54) is 23.1 Å². The molecule has 3 heterocycles. The SMILES string of the molecule is C=CCn1c(C)cc(-c2csc(NC(=O)c3nn(C)c(=O)c4ccccc34)n2)c1C. The summed E-state index contributed by atoms with van der Waals surface area (Å²) in [5, 5.41) is 10.4. The van der Waals surface area contributed by atoms with Crippen molar-refractivity contribution in [3.05, 3.63) is 75.8 Å². The van der Waals surface area contributed by atoms with E-state index in [2.05, 4.69) is 32.6 Å². The molecule has 0 bridgehead atoms. The number of aryl methyl sites for hydroxylation is 2. The van der Waals surface area contributed by atoms with E-state index < -0.39 is 5.91 Å². The molecular formula is C22H21N5O2S. The highest BCUT2D eigenvalue weighted by molar-refractivity contribution is 7.14. The van der Waals surface area contributed by atoms with E-state index in [-0.39, 0.29) is 11.3 Å². The normalized spacial score (nSPS) is 11.0. The molecule has 0 spiro atoms. The number of nitrogens with zero attached hydrogens (tertiary/aromatic N) is 4. The molecule has 0 unspecified atom stereocenters. The van der Waals surface area contributed by atoms with Crippen molar-refractivity contribution in [2.24, 2.45) is 7.05 Å². The Morgan fingerprint density at radius 3 is 2.73 bits per heavy atom. The van der Waals surface area contributed by atoms with E-state index in [1.54, 1.807) is 24.3 Å². The predicted molar refractivity (Wildman–Crippen MR) is 120 cm³/mol. The number of benzene rings is 1. The predicted octanol–water partition coefficient (Wildman–Crippen LogP) is 3.91. The van der Waals surface area contributed by atoms with Gasteiger partial charge in [0.2, 0.25) is 0 Å². The summed E-state index contributed by atoms with van der Waals surface area (Å²) < 4.78 is 3.35. The minimum Gasteiger partial charge on any atom is -0.345 e. The largest absolute Gasteiger partial charge is 0.345 e. The quantitative estimate of drug-likeness (QED) is 0.497. The Labute approximate surface area is 177 Å². The number of carbonyl (C=O) groups is 1. The Morgan fingerprint density at radius 1 is 1.27 bits per heavy atom. The highest BCUT2D eigenvalue weighted by Gasteiger charge is 2.18. The first-order valence-corrected chi connectivity index (χ1v) is 10.3. The molecule has 1 amide bonds. The molecule has 0 saturated carbocycles. The first-order valence-electron chi connectivity index (χ1n) is 9.41. The molecule has 0 aliphatic heterocycles. The van der Waals surface area contributed by atoms with E-state index in [0.29, 0.717) is 15.9 Å². The minimum atomic E-state index is -0.403. The molecule has 152 valence electrons. The van der Waals surface area contributed by atoms with Gasteiger partial charge in [0.05, 0.1) is 11.1 Å². The number of allylic oxidation sites excluding steroid dienone is 1. The van der Waals surface area contributed by atoms with Crippen LogP contribution >= 0.6 is 11.3 Å². The number of nitrogens with one attached hydrogen (secondary N) is 1. The molecule has 4 rings (SSSR count). The lowest BCUT2D eigenvalue weighted by Crippen LogP contribution is -2.25. The molecule has 7 nitrogen and oxygen atoms in total. The van der Waals surface area contributed by atoms with Crippen molar-refractivity contribution < 1.29 is 4.79 Å². The Hall–Kier alpha value is -3.52. The molecule has 0 saturated heterocycles. The molecule has 8 heteroatoms. The van der Waals surface area contributed by atoms with Crippen LogP contribution in [-0.2, 0) is 13.6 Å². The van der Waals surface area contributed by atoms with Gasteiger partial charge >= 0.3 is 0 Å². The molecule has 0 aliphatic rings. The van der Waals surface area contributed by atoms with Crippen molar-refractivity contribution in [1.82, 2.24) is 19.3 Å². The minimum absolute atomic E-state index is 0.189. The second-order valence-electron chi connectivity index (χ2n) is 7.00. The highest BCUT2D eigenvalue weighted by Crippen LogP contribution is 2.30. The molecule has 30 heavy (non-hydrogen) atoms. The lowest BCUT2D eigenvalue weighted by atomic mass is 10.1. The van der Waals surface area contributed by atoms with Gasteiger partial charge in [-0.3, -0.25) is 14.9 Å². The van der Waals surface area contributed by atoms with Crippen LogP contribution in [0.15, 0.2) is 53.2 Å². The summed E-state index contributed by atoms with van der Waals surface area (Å²) in [7, 11) is 1.53. The van der Waals surface area contributed by atoms with E-state index >= 15 is 0 Å². The molecule has 3 aromatic heterocycles. The van der Waals surface area contributed by atoms with Crippen molar-refractivity contribution in [3.63, 3.8) is 0 Å². The number of amides is 1. The zero-order chi connectivity index (χ0) is 21.4. The Morgan fingerprint density at radius 2 is 2.00 bits per heavy atom. The number of carbonyl (C=O) groups excluding carboxylic acids is 1. The number of anilines is 1. The second-order valence-corrected chi connectivity index (χ2v) is 7.86. The highest BCUT2D eigenvalue weighted by atomic mass is 32.1. The fourth-order valence-electron chi connectivity index (χ4n) is 3.55. The Kier molecular flexibility index (Phi) is 5.09. The van der Waals surface area contributed by atoms with Crippen molar-refractivity contribution in [2.75, 3.05) is 5.32 Å². The van der Waals surface area contributed by atoms with Crippen LogP contribution in [0.5, 0.6) is 0 Å². The average Bonchev–Trinajstić information content (AvgIpc) is 3.30. The van der Waals surface area contributed by atoms with Gasteiger partial charge in [-0.2, -0.15) is 5.10 Å². The fraction of sp³-hybridized carbons (Fsp3) is 0.182. The van der Waals surface area contributed by atoms with E-state index in [9.17, 15) is 9.59 Å². The summed E-state index contributed by atoms with van der Waals surface area (Å²) in [5.74, 6) is -0.403. The van der Waals surface area contributed by atoms with Crippen LogP contribution in [0.3, 0.4) is 0 Å². The molecule has 0 fully saturated rings. The lowest BCUT2D eigenvalue weighted by Gasteiger charge is -2.07. The van der Waals surface area contributed by atoms with Crippen LogP contribution in [0.2, 0.25) is 0 Å². The first-order chi connectivity index (χ1) is 14.4. The standard InChI is InChI=1S/C22H21N5O2S/c1-5-10-27-13(2)11-17(14(27)3)18-12-30-22(23-18)24-20(28)19-15-8-6-7-9-16(15)21(29)26(4)25-19/h5-9,11-12H,1,10H2,2-4H3,(H,23,24,28). The van der Waals surface area contributed by atoms with Gasteiger partial charge in [0.15, 0.2) is 10.8 Å². The number of rotatable bonds is 5. The fourth-order valence-corrected chi connectivity index (χ4v) is 4.25. The first kappa shape index (κ1) is 19.8. The Balaban J connectivity index is 1.66. The molecule has 0 atom stereocenters. The maximum atomic E-state index is 12.9. The summed E-state index contributed by atoms with van der Waals surface area (Å²) in [6.45, 7) is 8.64. The second kappa shape index (κ2) is 7.72. The topological polar surface area (TPSA) is 81.8 Å². The van der Waals surface area contributed by atoms with E-state index in [0.717, 1.165) is 29.2 Å². The van der Waals surface area contributed by atoms with Crippen LogP contribution in [0, 0.1) is 13.8 Å². The summed E-state index contributed by atoms with van der Waals surface area (Å²) >= 11 is 1.35. The third kappa shape index (κ3) is 3.35. The molecule has 0 radical (unpaired) electrons. The van der Waals surface area contributed by atoms with E-state index in [1.807, 2.05) is 25.3 Å². The molecule has 1 N–H and O–H groups in total. The van der Waals surface area contributed by atoms with Gasteiger partial charge < -0.3 is 4.57 Å². The summed E-state index contributed by atoms with van der Waals surface area (Å²) in [5.41, 5.74) is 4.00. The van der Waals surface area contributed by atoms with Crippen molar-refractivity contribution in [1.29, 1.82) is 0 Å². The monoisotopic (exact) mass is 419 g/mol. The molecular weight excluding hydrogens is 398 g/mol.